The van der Waals surface area contributed by atoms with E-state index in [0.29, 0.717) is 11.3 Å². The Balaban J connectivity index is 0.00000320. The van der Waals surface area contributed by atoms with Crippen LogP contribution in [0.5, 0.6) is 0 Å². The molecule has 0 aliphatic carbocycles. The van der Waals surface area contributed by atoms with E-state index < -0.39 is 13.1 Å². The fourth-order valence-electron chi connectivity index (χ4n) is 4.59. The zero-order valence-corrected chi connectivity index (χ0v) is 22.1. The molecule has 1 heterocycles. The second kappa shape index (κ2) is 11.6. The van der Waals surface area contributed by atoms with Gasteiger partial charge in [0.1, 0.15) is 7.14 Å². The number of nitrogens with zero attached hydrogens (tertiary/aromatic N) is 1. The van der Waals surface area contributed by atoms with Crippen molar-refractivity contribution in [1.29, 1.82) is 0 Å². The largest absolute Gasteiger partial charge is 0.462 e. The third kappa shape index (κ3) is 5.22. The minimum Gasteiger partial charge on any atom is -0.462 e. The van der Waals surface area contributed by atoms with Crippen LogP contribution in [0.4, 0.5) is 0 Å². The molecule has 0 saturated carbocycles. The zero-order chi connectivity index (χ0) is 25.0. The Bertz CT molecular complexity index is 1510. The van der Waals surface area contributed by atoms with Crippen molar-refractivity contribution >= 4 is 47.0 Å². The van der Waals surface area contributed by atoms with Gasteiger partial charge < -0.3 is 9.30 Å². The molecular formula is C31H27ClNO3P. The number of pyridine rings is 1. The highest BCUT2D eigenvalue weighted by Gasteiger charge is 2.32. The maximum atomic E-state index is 14.9. The third-order valence-electron chi connectivity index (χ3n) is 6.23. The molecule has 0 spiro atoms. The summed E-state index contributed by atoms with van der Waals surface area (Å²) < 4.78 is 20.4. The van der Waals surface area contributed by atoms with E-state index in [9.17, 15) is 9.36 Å². The Morgan fingerprint density at radius 3 is 1.84 bits per heavy atom. The SMILES string of the molecule is CCOC(=O)c1c(CP(=O)(c2ccccc2)c2ccccc2)nc2ccccc2c1-c1ccccc1.Cl. The van der Waals surface area contributed by atoms with Gasteiger partial charge in [0.25, 0.3) is 0 Å². The molecule has 4 nitrogen and oxygen atoms in total. The lowest BCUT2D eigenvalue weighted by Gasteiger charge is -2.22. The predicted molar refractivity (Wildman–Crippen MR) is 154 cm³/mol. The van der Waals surface area contributed by atoms with E-state index in [1.807, 2.05) is 115 Å². The molecule has 0 atom stereocenters. The summed E-state index contributed by atoms with van der Waals surface area (Å²) in [5.74, 6) is -0.461. The van der Waals surface area contributed by atoms with Crippen LogP contribution in [0.2, 0.25) is 0 Å². The number of benzene rings is 4. The molecule has 0 aliphatic rings. The number of fused-ring (bicyclic) bond motifs is 1. The highest BCUT2D eigenvalue weighted by Crippen LogP contribution is 2.48. The first-order valence-electron chi connectivity index (χ1n) is 12.0. The highest BCUT2D eigenvalue weighted by molar-refractivity contribution is 7.78. The molecule has 0 N–H and O–H groups in total. The number of aromatic nitrogens is 1. The van der Waals surface area contributed by atoms with E-state index in [1.165, 1.54) is 0 Å². The fourth-order valence-corrected chi connectivity index (χ4v) is 7.21. The number of esters is 1. The Hall–Kier alpha value is -3.72. The maximum Gasteiger partial charge on any atom is 0.340 e. The zero-order valence-electron chi connectivity index (χ0n) is 20.4. The average molecular weight is 528 g/mol. The number of carbonyl (C=O) groups excluding carboxylic acids is 1. The van der Waals surface area contributed by atoms with Crippen molar-refractivity contribution < 1.29 is 14.1 Å². The summed E-state index contributed by atoms with van der Waals surface area (Å²) in [6.45, 7) is 2.02. The second-order valence-corrected chi connectivity index (χ2v) is 11.3. The van der Waals surface area contributed by atoms with Crippen LogP contribution >= 0.6 is 19.5 Å². The minimum atomic E-state index is -3.19. The molecular weight excluding hydrogens is 501 g/mol. The second-order valence-electron chi connectivity index (χ2n) is 8.48. The number of carbonyl (C=O) groups is 1. The molecule has 0 amide bonds. The van der Waals surface area contributed by atoms with Crippen LogP contribution in [0.15, 0.2) is 115 Å². The first-order valence-corrected chi connectivity index (χ1v) is 13.9. The number of ether oxygens (including phenoxy) is 1. The fraction of sp³-hybridized carbons (Fsp3) is 0.0968. The quantitative estimate of drug-likeness (QED) is 0.169. The molecule has 0 aliphatic heterocycles. The van der Waals surface area contributed by atoms with Gasteiger partial charge in [0.05, 0.1) is 29.5 Å². The molecule has 37 heavy (non-hydrogen) atoms. The summed E-state index contributed by atoms with van der Waals surface area (Å²) >= 11 is 0. The molecule has 6 heteroatoms. The van der Waals surface area contributed by atoms with Gasteiger partial charge in [0.15, 0.2) is 0 Å². The lowest BCUT2D eigenvalue weighted by atomic mass is 9.94. The van der Waals surface area contributed by atoms with E-state index >= 15 is 0 Å². The smallest absolute Gasteiger partial charge is 0.340 e. The van der Waals surface area contributed by atoms with Gasteiger partial charge in [-0.3, -0.25) is 4.98 Å². The Morgan fingerprint density at radius 1 is 0.757 bits per heavy atom. The summed E-state index contributed by atoms with van der Waals surface area (Å²) in [5.41, 5.74) is 3.22. The molecule has 0 bridgehead atoms. The summed E-state index contributed by atoms with van der Waals surface area (Å²) in [5, 5.41) is 2.30. The molecule has 0 fully saturated rings. The lowest BCUT2D eigenvalue weighted by Crippen LogP contribution is -2.20. The van der Waals surface area contributed by atoms with Crippen molar-refractivity contribution in [2.45, 2.75) is 13.1 Å². The Labute approximate surface area is 223 Å². The van der Waals surface area contributed by atoms with Gasteiger partial charge in [-0.1, -0.05) is 109 Å². The van der Waals surface area contributed by atoms with Gasteiger partial charge in [-0.25, -0.2) is 4.79 Å². The molecule has 0 unspecified atom stereocenters. The molecule has 0 radical (unpaired) electrons. The summed E-state index contributed by atoms with van der Waals surface area (Å²) in [6.07, 6.45) is 0.0971. The molecule has 1 aromatic heterocycles. The molecule has 4 aromatic carbocycles. The summed E-state index contributed by atoms with van der Waals surface area (Å²) in [4.78, 5) is 18.4. The van der Waals surface area contributed by atoms with Crippen molar-refractivity contribution in [2.24, 2.45) is 0 Å². The summed E-state index contributed by atoms with van der Waals surface area (Å²) in [6, 6.07) is 36.4. The first-order chi connectivity index (χ1) is 17.6. The van der Waals surface area contributed by atoms with Crippen LogP contribution < -0.4 is 10.6 Å². The monoisotopic (exact) mass is 527 g/mol. The van der Waals surface area contributed by atoms with E-state index in [1.54, 1.807) is 6.92 Å². The van der Waals surface area contributed by atoms with Crippen LogP contribution in [-0.4, -0.2) is 17.6 Å². The van der Waals surface area contributed by atoms with Gasteiger partial charge in [0.2, 0.25) is 0 Å². The predicted octanol–water partition coefficient (Wildman–Crippen LogP) is 7.01. The number of halogens is 1. The Morgan fingerprint density at radius 2 is 1.27 bits per heavy atom. The number of para-hydroxylation sites is 1. The van der Waals surface area contributed by atoms with Crippen LogP contribution in [0, 0.1) is 0 Å². The first kappa shape index (κ1) is 26.3. The van der Waals surface area contributed by atoms with Crippen LogP contribution in [0.1, 0.15) is 23.0 Å². The average Bonchev–Trinajstić information content (AvgIpc) is 2.94. The van der Waals surface area contributed by atoms with Gasteiger partial charge in [0, 0.05) is 21.6 Å². The third-order valence-corrected chi connectivity index (χ3v) is 9.24. The van der Waals surface area contributed by atoms with Crippen LogP contribution in [0.25, 0.3) is 22.0 Å². The standard InChI is InChI=1S/C31H26NO3P.ClH/c1-2-35-31(33)30-28(22-36(34,24-16-8-4-9-17-24)25-18-10-5-11-19-25)32-27-21-13-12-20-26(27)29(30)23-14-6-3-7-15-23;/h3-21H,2,22H2,1H3;1H. The van der Waals surface area contributed by atoms with Gasteiger partial charge in [-0.15, -0.1) is 12.4 Å². The lowest BCUT2D eigenvalue weighted by molar-refractivity contribution is 0.0526. The number of hydrogen-bond acceptors (Lipinski definition) is 4. The van der Waals surface area contributed by atoms with E-state index in [0.717, 1.165) is 32.6 Å². The van der Waals surface area contributed by atoms with Crippen LogP contribution in [-0.2, 0) is 15.5 Å². The number of hydrogen-bond donors (Lipinski definition) is 0. The van der Waals surface area contributed by atoms with Crippen molar-refractivity contribution in [2.75, 3.05) is 6.61 Å². The van der Waals surface area contributed by atoms with E-state index in [4.69, 9.17) is 9.72 Å². The Kier molecular flexibility index (Phi) is 8.23. The van der Waals surface area contributed by atoms with Gasteiger partial charge >= 0.3 is 5.97 Å². The van der Waals surface area contributed by atoms with Crippen molar-refractivity contribution in [1.82, 2.24) is 4.98 Å². The molecule has 186 valence electrons. The normalized spacial score (nSPS) is 11.1. The van der Waals surface area contributed by atoms with Crippen molar-refractivity contribution in [3.8, 4) is 11.1 Å². The van der Waals surface area contributed by atoms with E-state index in [-0.39, 0.29) is 25.2 Å². The molecule has 5 rings (SSSR count). The highest BCUT2D eigenvalue weighted by atomic mass is 35.5. The maximum absolute atomic E-state index is 14.9. The van der Waals surface area contributed by atoms with Gasteiger partial charge in [-0.05, 0) is 18.6 Å². The summed E-state index contributed by atoms with van der Waals surface area (Å²) in [7, 11) is -3.19. The van der Waals surface area contributed by atoms with Gasteiger partial charge in [-0.2, -0.15) is 0 Å². The molecule has 5 aromatic rings. The van der Waals surface area contributed by atoms with Crippen molar-refractivity contribution in [3.63, 3.8) is 0 Å². The molecule has 0 saturated heterocycles. The van der Waals surface area contributed by atoms with Crippen molar-refractivity contribution in [3.05, 3.63) is 127 Å². The minimum absolute atomic E-state index is 0. The topological polar surface area (TPSA) is 56.3 Å². The number of rotatable bonds is 7. The van der Waals surface area contributed by atoms with E-state index in [2.05, 4.69) is 0 Å². The van der Waals surface area contributed by atoms with Crippen LogP contribution in [0.3, 0.4) is 0 Å².